The van der Waals surface area contributed by atoms with E-state index in [1.165, 1.54) is 0 Å². The summed E-state index contributed by atoms with van der Waals surface area (Å²) in [6.45, 7) is 4.14. The van der Waals surface area contributed by atoms with Gasteiger partial charge in [0, 0.05) is 33.3 Å². The Morgan fingerprint density at radius 2 is 1.97 bits per heavy atom. The molecule has 1 amide bonds. The van der Waals surface area contributed by atoms with E-state index in [1.807, 2.05) is 56.3 Å². The molecule has 0 fully saturated rings. The molecule has 1 aliphatic heterocycles. The quantitative estimate of drug-likeness (QED) is 0.429. The lowest BCUT2D eigenvalue weighted by Gasteiger charge is -2.10. The number of amides is 1. The molecule has 0 atom stereocenters. The summed E-state index contributed by atoms with van der Waals surface area (Å²) in [5, 5.41) is 12.3. The molecule has 6 nitrogen and oxygen atoms in total. The fourth-order valence-electron chi connectivity index (χ4n) is 3.42. The molecule has 0 spiro atoms. The minimum Gasteiger partial charge on any atom is -0.454 e. The number of halogens is 1. The lowest BCUT2D eigenvalue weighted by atomic mass is 10.1. The van der Waals surface area contributed by atoms with Crippen LogP contribution >= 0.6 is 15.9 Å². The zero-order valence-corrected chi connectivity index (χ0v) is 18.0. The van der Waals surface area contributed by atoms with Gasteiger partial charge in [-0.3, -0.25) is 4.79 Å². The summed E-state index contributed by atoms with van der Waals surface area (Å²) in [5.74, 6) is 0.962. The van der Waals surface area contributed by atoms with Crippen molar-refractivity contribution >= 4 is 33.6 Å². The highest BCUT2D eigenvalue weighted by atomic mass is 79.9. The average molecular weight is 464 g/mol. The van der Waals surface area contributed by atoms with Gasteiger partial charge >= 0.3 is 0 Å². The van der Waals surface area contributed by atoms with E-state index in [4.69, 9.17) is 9.47 Å². The van der Waals surface area contributed by atoms with Crippen LogP contribution < -0.4 is 14.8 Å². The van der Waals surface area contributed by atoms with Crippen LogP contribution in [-0.4, -0.2) is 17.3 Å². The standard InChI is InChI=1S/C23H18BrN3O3/c1-14-8-16(9-17(12-25)23(28)26-19-5-3-4-18(24)10-19)15(2)27(14)20-6-7-21-22(11-20)30-13-29-21/h3-11H,13H2,1-2H3,(H,26,28)/b17-9-. The Kier molecular flexibility index (Phi) is 5.34. The summed E-state index contributed by atoms with van der Waals surface area (Å²) >= 11 is 3.37. The second kappa shape index (κ2) is 8.09. The number of benzene rings is 2. The van der Waals surface area contributed by atoms with Crippen molar-refractivity contribution in [3.8, 4) is 23.3 Å². The van der Waals surface area contributed by atoms with Crippen molar-refractivity contribution in [3.63, 3.8) is 0 Å². The van der Waals surface area contributed by atoms with Crippen molar-refractivity contribution in [2.75, 3.05) is 12.1 Å². The monoisotopic (exact) mass is 463 g/mol. The predicted molar refractivity (Wildman–Crippen MR) is 118 cm³/mol. The molecule has 0 saturated heterocycles. The molecule has 0 unspecified atom stereocenters. The largest absolute Gasteiger partial charge is 0.454 e. The zero-order valence-electron chi connectivity index (χ0n) is 16.4. The van der Waals surface area contributed by atoms with Crippen LogP contribution in [0.5, 0.6) is 11.5 Å². The van der Waals surface area contributed by atoms with Crippen molar-refractivity contribution in [1.29, 1.82) is 5.26 Å². The van der Waals surface area contributed by atoms with Gasteiger partial charge in [-0.15, -0.1) is 0 Å². The first-order chi connectivity index (χ1) is 14.5. The minimum atomic E-state index is -0.455. The van der Waals surface area contributed by atoms with Crippen LogP contribution in [0.25, 0.3) is 11.8 Å². The molecular weight excluding hydrogens is 446 g/mol. The third-order valence-electron chi connectivity index (χ3n) is 4.83. The lowest BCUT2D eigenvalue weighted by Crippen LogP contribution is -2.13. The smallest absolute Gasteiger partial charge is 0.266 e. The first-order valence-electron chi connectivity index (χ1n) is 9.24. The Bertz CT molecular complexity index is 1220. The molecule has 1 aromatic heterocycles. The van der Waals surface area contributed by atoms with Gasteiger partial charge in [0.2, 0.25) is 6.79 Å². The van der Waals surface area contributed by atoms with E-state index in [0.29, 0.717) is 11.4 Å². The highest BCUT2D eigenvalue weighted by Gasteiger charge is 2.17. The van der Waals surface area contributed by atoms with Crippen molar-refractivity contribution in [2.45, 2.75) is 13.8 Å². The number of nitrogens with zero attached hydrogens (tertiary/aromatic N) is 2. The Labute approximate surface area is 182 Å². The first-order valence-corrected chi connectivity index (χ1v) is 10.0. The summed E-state index contributed by atoms with van der Waals surface area (Å²) in [5.41, 5.74) is 4.25. The number of hydrogen-bond acceptors (Lipinski definition) is 4. The van der Waals surface area contributed by atoms with Gasteiger partial charge < -0.3 is 19.4 Å². The van der Waals surface area contributed by atoms with Gasteiger partial charge in [-0.2, -0.15) is 5.26 Å². The second-order valence-electron chi connectivity index (χ2n) is 6.83. The number of nitriles is 1. The normalized spacial score (nSPS) is 12.5. The topological polar surface area (TPSA) is 76.3 Å². The van der Waals surface area contributed by atoms with Gasteiger partial charge in [0.1, 0.15) is 11.6 Å². The molecular formula is C23H18BrN3O3. The Morgan fingerprint density at radius 3 is 2.73 bits per heavy atom. The number of ether oxygens (including phenoxy) is 2. The molecule has 7 heteroatoms. The van der Waals surface area contributed by atoms with E-state index < -0.39 is 5.91 Å². The molecule has 30 heavy (non-hydrogen) atoms. The summed E-state index contributed by atoms with van der Waals surface area (Å²) in [6.07, 6.45) is 1.61. The highest BCUT2D eigenvalue weighted by Crippen LogP contribution is 2.35. The zero-order chi connectivity index (χ0) is 21.3. The molecule has 0 aliphatic carbocycles. The molecule has 2 heterocycles. The molecule has 2 aromatic carbocycles. The molecule has 0 bridgehead atoms. The van der Waals surface area contributed by atoms with Gasteiger partial charge in [-0.25, -0.2) is 0 Å². The van der Waals surface area contributed by atoms with Gasteiger partial charge in [0.25, 0.3) is 5.91 Å². The van der Waals surface area contributed by atoms with Crippen LogP contribution in [-0.2, 0) is 4.79 Å². The van der Waals surface area contributed by atoms with Crippen LogP contribution in [0.4, 0.5) is 5.69 Å². The summed E-state index contributed by atoms with van der Waals surface area (Å²) < 4.78 is 13.8. The minimum absolute atomic E-state index is 0.0286. The molecule has 4 rings (SSSR count). The van der Waals surface area contributed by atoms with Crippen LogP contribution in [0.3, 0.4) is 0 Å². The summed E-state index contributed by atoms with van der Waals surface area (Å²) in [7, 11) is 0. The number of anilines is 1. The van der Waals surface area contributed by atoms with E-state index in [1.54, 1.807) is 18.2 Å². The number of carbonyl (C=O) groups is 1. The SMILES string of the molecule is Cc1cc(/C=C(/C#N)C(=O)Nc2cccc(Br)c2)c(C)n1-c1ccc2c(c1)OCO2. The third kappa shape index (κ3) is 3.82. The summed E-state index contributed by atoms with van der Waals surface area (Å²) in [6, 6.07) is 16.9. The van der Waals surface area contributed by atoms with Crippen molar-refractivity contribution < 1.29 is 14.3 Å². The number of hydrogen-bond donors (Lipinski definition) is 1. The Balaban J connectivity index is 1.65. The van der Waals surface area contributed by atoms with Crippen molar-refractivity contribution in [2.24, 2.45) is 0 Å². The molecule has 0 radical (unpaired) electrons. The maximum absolute atomic E-state index is 12.6. The number of aromatic nitrogens is 1. The molecule has 3 aromatic rings. The van der Waals surface area contributed by atoms with Crippen LogP contribution in [0.1, 0.15) is 17.0 Å². The Hall–Kier alpha value is -3.50. The van der Waals surface area contributed by atoms with E-state index >= 15 is 0 Å². The highest BCUT2D eigenvalue weighted by molar-refractivity contribution is 9.10. The molecule has 150 valence electrons. The van der Waals surface area contributed by atoms with E-state index in [0.717, 1.165) is 32.9 Å². The van der Waals surface area contributed by atoms with Gasteiger partial charge in [-0.1, -0.05) is 22.0 Å². The number of nitrogens with one attached hydrogen (secondary N) is 1. The second-order valence-corrected chi connectivity index (χ2v) is 7.75. The maximum atomic E-state index is 12.6. The molecule has 0 saturated carbocycles. The van der Waals surface area contributed by atoms with Crippen molar-refractivity contribution in [3.05, 3.63) is 75.5 Å². The van der Waals surface area contributed by atoms with E-state index in [-0.39, 0.29) is 12.4 Å². The average Bonchev–Trinajstić information content (AvgIpc) is 3.29. The van der Waals surface area contributed by atoms with Crippen LogP contribution in [0.2, 0.25) is 0 Å². The van der Waals surface area contributed by atoms with E-state index in [9.17, 15) is 10.1 Å². The third-order valence-corrected chi connectivity index (χ3v) is 5.33. The van der Waals surface area contributed by atoms with Crippen LogP contribution in [0.15, 0.2) is 58.6 Å². The van der Waals surface area contributed by atoms with Gasteiger partial charge in [0.15, 0.2) is 11.5 Å². The van der Waals surface area contributed by atoms with Gasteiger partial charge in [0.05, 0.1) is 0 Å². The number of rotatable bonds is 4. The number of aryl methyl sites for hydroxylation is 1. The molecule has 1 N–H and O–H groups in total. The number of fused-ring (bicyclic) bond motifs is 1. The molecule has 1 aliphatic rings. The van der Waals surface area contributed by atoms with Crippen LogP contribution in [0, 0.1) is 25.2 Å². The maximum Gasteiger partial charge on any atom is 0.266 e. The fourth-order valence-corrected chi connectivity index (χ4v) is 3.82. The lowest BCUT2D eigenvalue weighted by molar-refractivity contribution is -0.112. The summed E-state index contributed by atoms with van der Waals surface area (Å²) in [4.78, 5) is 12.6. The predicted octanol–water partition coefficient (Wildman–Crippen LogP) is 5.13. The van der Waals surface area contributed by atoms with Crippen molar-refractivity contribution in [1.82, 2.24) is 4.57 Å². The fraction of sp³-hybridized carbons (Fsp3) is 0.130. The number of carbonyl (C=O) groups excluding carboxylic acids is 1. The Morgan fingerprint density at radius 1 is 1.17 bits per heavy atom. The van der Waals surface area contributed by atoms with Gasteiger partial charge in [-0.05, 0) is 61.9 Å². The first kappa shape index (κ1) is 19.8. The van der Waals surface area contributed by atoms with E-state index in [2.05, 4.69) is 25.8 Å².